The number of pyridine rings is 1. The Balaban J connectivity index is 2.57. The molecule has 0 atom stereocenters. The molecule has 0 aliphatic heterocycles. The second kappa shape index (κ2) is 5.58. The number of carboxylic acid groups (broad SMARTS) is 1. The Morgan fingerprint density at radius 2 is 2.05 bits per heavy atom. The fourth-order valence-electron chi connectivity index (χ4n) is 2.08. The summed E-state index contributed by atoms with van der Waals surface area (Å²) in [4.78, 5) is 33.4. The number of nitro groups is 1. The lowest BCUT2D eigenvalue weighted by atomic mass is 10.1. The molecule has 0 bridgehead atoms. The summed E-state index contributed by atoms with van der Waals surface area (Å²) >= 11 is 0. The lowest BCUT2D eigenvalue weighted by Gasteiger charge is -2.09. The van der Waals surface area contributed by atoms with E-state index in [1.165, 1.54) is 22.9 Å². The second-order valence-corrected chi connectivity index (χ2v) is 4.50. The zero-order chi connectivity index (χ0) is 15.6. The third-order valence-electron chi connectivity index (χ3n) is 3.09. The Bertz CT molecular complexity index is 779. The molecule has 7 heteroatoms. The molecule has 0 fully saturated rings. The maximum absolute atomic E-state index is 12.0. The molecular formula is C14H12N2O5. The minimum atomic E-state index is -1.39. The van der Waals surface area contributed by atoms with Crippen molar-refractivity contribution < 1.29 is 14.8 Å². The molecule has 2 rings (SSSR count). The van der Waals surface area contributed by atoms with Crippen LogP contribution in [-0.2, 0) is 6.54 Å². The van der Waals surface area contributed by atoms with Gasteiger partial charge in [-0.25, -0.2) is 4.79 Å². The van der Waals surface area contributed by atoms with Gasteiger partial charge in [0.2, 0.25) is 0 Å². The molecule has 1 aromatic heterocycles. The van der Waals surface area contributed by atoms with Crippen LogP contribution in [0.5, 0.6) is 0 Å². The van der Waals surface area contributed by atoms with Gasteiger partial charge in [0.1, 0.15) is 5.56 Å². The number of carbonyl (C=O) groups is 1. The fraction of sp³-hybridized carbons (Fsp3) is 0.143. The minimum absolute atomic E-state index is 0.0379. The van der Waals surface area contributed by atoms with Crippen LogP contribution in [0.2, 0.25) is 0 Å². The first-order valence-electron chi connectivity index (χ1n) is 6.07. The zero-order valence-corrected chi connectivity index (χ0v) is 11.1. The van der Waals surface area contributed by atoms with Crippen molar-refractivity contribution in [2.24, 2.45) is 0 Å². The highest BCUT2D eigenvalue weighted by atomic mass is 16.6. The van der Waals surface area contributed by atoms with Crippen LogP contribution < -0.4 is 5.56 Å². The van der Waals surface area contributed by atoms with Gasteiger partial charge in [0.25, 0.3) is 11.2 Å². The highest BCUT2D eigenvalue weighted by Crippen LogP contribution is 2.22. The van der Waals surface area contributed by atoms with E-state index >= 15 is 0 Å². The highest BCUT2D eigenvalue weighted by molar-refractivity contribution is 5.94. The van der Waals surface area contributed by atoms with Crippen molar-refractivity contribution in [1.29, 1.82) is 0 Å². The second-order valence-electron chi connectivity index (χ2n) is 4.50. The average Bonchev–Trinajstić information content (AvgIpc) is 2.43. The molecule has 7 nitrogen and oxygen atoms in total. The molecule has 0 saturated carbocycles. The number of aromatic nitrogens is 1. The lowest BCUT2D eigenvalue weighted by Crippen LogP contribution is -2.22. The number of aryl methyl sites for hydroxylation is 1. The number of nitro benzene ring substituents is 1. The quantitative estimate of drug-likeness (QED) is 0.682. The topological polar surface area (TPSA) is 102 Å². The summed E-state index contributed by atoms with van der Waals surface area (Å²) in [6.45, 7) is 1.61. The van der Waals surface area contributed by atoms with E-state index < -0.39 is 22.1 Å². The van der Waals surface area contributed by atoms with Gasteiger partial charge in [-0.3, -0.25) is 14.9 Å². The minimum Gasteiger partial charge on any atom is -0.477 e. The molecule has 1 heterocycles. The molecule has 0 amide bonds. The number of carboxylic acids is 1. The Morgan fingerprint density at radius 1 is 1.33 bits per heavy atom. The van der Waals surface area contributed by atoms with Gasteiger partial charge in [-0.2, -0.15) is 0 Å². The summed E-state index contributed by atoms with van der Waals surface area (Å²) in [6.07, 6.45) is 1.51. The summed E-state index contributed by atoms with van der Waals surface area (Å²) in [6, 6.07) is 7.30. The molecule has 2 aromatic rings. The van der Waals surface area contributed by atoms with Crippen LogP contribution in [0, 0.1) is 17.0 Å². The van der Waals surface area contributed by atoms with Crippen molar-refractivity contribution in [2.45, 2.75) is 13.5 Å². The van der Waals surface area contributed by atoms with Crippen molar-refractivity contribution in [3.05, 3.63) is 73.7 Å². The van der Waals surface area contributed by atoms with E-state index in [4.69, 9.17) is 0 Å². The van der Waals surface area contributed by atoms with Crippen LogP contribution in [0.3, 0.4) is 0 Å². The normalized spacial score (nSPS) is 10.3. The predicted octanol–water partition coefficient (Wildman–Crippen LogP) is 1.81. The summed E-state index contributed by atoms with van der Waals surface area (Å²) in [5.41, 5.74) is -0.416. The first-order chi connectivity index (χ1) is 9.91. The average molecular weight is 288 g/mol. The van der Waals surface area contributed by atoms with E-state index in [-0.39, 0.29) is 17.7 Å². The van der Waals surface area contributed by atoms with Crippen LogP contribution in [0.1, 0.15) is 21.5 Å². The molecule has 21 heavy (non-hydrogen) atoms. The zero-order valence-electron chi connectivity index (χ0n) is 11.1. The smallest absolute Gasteiger partial charge is 0.343 e. The van der Waals surface area contributed by atoms with E-state index in [1.54, 1.807) is 19.1 Å². The van der Waals surface area contributed by atoms with Gasteiger partial charge >= 0.3 is 5.97 Å². The Morgan fingerprint density at radius 3 is 2.67 bits per heavy atom. The maximum Gasteiger partial charge on any atom is 0.343 e. The van der Waals surface area contributed by atoms with Crippen molar-refractivity contribution in [3.8, 4) is 0 Å². The first kappa shape index (κ1) is 14.4. The van der Waals surface area contributed by atoms with E-state index in [9.17, 15) is 24.8 Å². The molecule has 0 spiro atoms. The van der Waals surface area contributed by atoms with E-state index in [0.717, 1.165) is 6.07 Å². The molecule has 0 aliphatic rings. The van der Waals surface area contributed by atoms with E-state index in [0.29, 0.717) is 5.56 Å². The van der Waals surface area contributed by atoms with Gasteiger partial charge < -0.3 is 9.67 Å². The molecule has 0 radical (unpaired) electrons. The molecule has 0 aliphatic carbocycles. The lowest BCUT2D eigenvalue weighted by molar-refractivity contribution is -0.385. The van der Waals surface area contributed by atoms with Gasteiger partial charge in [0.15, 0.2) is 0 Å². The summed E-state index contributed by atoms with van der Waals surface area (Å²) in [5, 5.41) is 20.1. The third kappa shape index (κ3) is 2.81. The van der Waals surface area contributed by atoms with Crippen molar-refractivity contribution >= 4 is 11.7 Å². The van der Waals surface area contributed by atoms with Gasteiger partial charge in [0, 0.05) is 17.8 Å². The third-order valence-corrected chi connectivity index (χ3v) is 3.09. The number of aromatic carboxylic acids is 1. The molecule has 1 aromatic carbocycles. The number of hydrogen-bond acceptors (Lipinski definition) is 4. The van der Waals surface area contributed by atoms with Crippen molar-refractivity contribution in [3.63, 3.8) is 0 Å². The highest BCUT2D eigenvalue weighted by Gasteiger charge is 2.23. The molecule has 0 saturated heterocycles. The predicted molar refractivity (Wildman–Crippen MR) is 74.6 cm³/mol. The summed E-state index contributed by atoms with van der Waals surface area (Å²) in [7, 11) is 0. The maximum atomic E-state index is 12.0. The Labute approximate surface area is 119 Å². The Hall–Kier alpha value is -2.96. The van der Waals surface area contributed by atoms with Gasteiger partial charge in [-0.15, -0.1) is 0 Å². The first-order valence-corrected chi connectivity index (χ1v) is 6.07. The van der Waals surface area contributed by atoms with Crippen LogP contribution in [0.25, 0.3) is 0 Å². The Kier molecular flexibility index (Phi) is 3.84. The van der Waals surface area contributed by atoms with Crippen LogP contribution in [-0.4, -0.2) is 20.6 Å². The monoisotopic (exact) mass is 288 g/mol. The van der Waals surface area contributed by atoms with Gasteiger partial charge in [0.05, 0.1) is 11.5 Å². The molecular weight excluding hydrogens is 276 g/mol. The largest absolute Gasteiger partial charge is 0.477 e. The van der Waals surface area contributed by atoms with Crippen molar-refractivity contribution in [1.82, 2.24) is 4.57 Å². The molecule has 0 unspecified atom stereocenters. The van der Waals surface area contributed by atoms with Crippen LogP contribution >= 0.6 is 0 Å². The number of benzene rings is 1. The number of rotatable bonds is 4. The van der Waals surface area contributed by atoms with E-state index in [2.05, 4.69) is 0 Å². The summed E-state index contributed by atoms with van der Waals surface area (Å²) in [5.74, 6) is -1.39. The van der Waals surface area contributed by atoms with Gasteiger partial charge in [-0.1, -0.05) is 18.2 Å². The standard InChI is InChI=1S/C14H12N2O5/c1-9-4-3-7-15(13(9)17)8-10-5-2-6-11(16(20)21)12(10)14(18)19/h2-7H,8H2,1H3,(H,18,19). The molecule has 1 N–H and O–H groups in total. The van der Waals surface area contributed by atoms with E-state index in [1.807, 2.05) is 0 Å². The number of hydrogen-bond donors (Lipinski definition) is 1. The van der Waals surface area contributed by atoms with Gasteiger partial charge in [-0.05, 0) is 18.6 Å². The SMILES string of the molecule is Cc1cccn(Cc2cccc([N+](=O)[O-])c2C(=O)O)c1=O. The van der Waals surface area contributed by atoms with Crippen LogP contribution in [0.15, 0.2) is 41.3 Å². The fourth-order valence-corrected chi connectivity index (χ4v) is 2.08. The van der Waals surface area contributed by atoms with Crippen LogP contribution in [0.4, 0.5) is 5.69 Å². The molecule has 108 valence electrons. The summed E-state index contributed by atoms with van der Waals surface area (Å²) < 4.78 is 1.32. The number of nitrogens with zero attached hydrogens (tertiary/aromatic N) is 2. The van der Waals surface area contributed by atoms with Crippen molar-refractivity contribution in [2.75, 3.05) is 0 Å².